The number of carbonyl (C=O) groups is 1. The fourth-order valence-electron chi connectivity index (χ4n) is 3.49. The highest BCUT2D eigenvalue weighted by atomic mass is 19.1. The summed E-state index contributed by atoms with van der Waals surface area (Å²) in [6, 6.07) is 3.73. The standard InChI is InChI=1S/C19H24F2N4O/c1-13-22-18(24-23-13)8-9-19(26)25-10-2-3-14(12-25)4-5-15-6-7-16(20)11-17(15)21/h6-7,11,14H,2-5,8-10,12H2,1H3,(H,22,23,24)/t14-/m1/s1. The smallest absolute Gasteiger partial charge is 0.223 e. The number of likely N-dealkylation sites (tertiary alicyclic amines) is 1. The van der Waals surface area contributed by atoms with Crippen molar-refractivity contribution in [2.24, 2.45) is 5.92 Å². The number of nitrogens with one attached hydrogen (secondary N) is 1. The molecule has 1 aliphatic heterocycles. The minimum absolute atomic E-state index is 0.116. The minimum atomic E-state index is -0.553. The van der Waals surface area contributed by atoms with Crippen LogP contribution in [-0.2, 0) is 17.6 Å². The number of H-pyrrole nitrogens is 1. The summed E-state index contributed by atoms with van der Waals surface area (Å²) in [6.07, 6.45) is 4.29. The van der Waals surface area contributed by atoms with E-state index in [-0.39, 0.29) is 5.91 Å². The molecule has 1 saturated heterocycles. The van der Waals surface area contributed by atoms with Crippen LogP contribution in [0.25, 0.3) is 0 Å². The summed E-state index contributed by atoms with van der Waals surface area (Å²) in [5.41, 5.74) is 0.537. The van der Waals surface area contributed by atoms with Gasteiger partial charge in [0.2, 0.25) is 5.91 Å². The number of piperidine rings is 1. The Morgan fingerprint density at radius 2 is 2.19 bits per heavy atom. The van der Waals surface area contributed by atoms with E-state index in [9.17, 15) is 13.6 Å². The predicted molar refractivity (Wildman–Crippen MR) is 93.4 cm³/mol. The van der Waals surface area contributed by atoms with E-state index in [0.717, 1.165) is 37.7 Å². The van der Waals surface area contributed by atoms with Crippen LogP contribution in [0.3, 0.4) is 0 Å². The second-order valence-corrected chi connectivity index (χ2v) is 6.96. The number of hydrogen-bond donors (Lipinski definition) is 1. The zero-order chi connectivity index (χ0) is 18.5. The van der Waals surface area contributed by atoms with Gasteiger partial charge in [0.25, 0.3) is 0 Å². The van der Waals surface area contributed by atoms with Gasteiger partial charge in [-0.15, -0.1) is 0 Å². The van der Waals surface area contributed by atoms with Gasteiger partial charge in [0, 0.05) is 32.0 Å². The van der Waals surface area contributed by atoms with Crippen LogP contribution in [0.4, 0.5) is 8.78 Å². The number of halogens is 2. The number of aromatic nitrogens is 3. The van der Waals surface area contributed by atoms with Crippen molar-refractivity contribution in [2.75, 3.05) is 13.1 Å². The Bertz CT molecular complexity index is 762. The molecular weight excluding hydrogens is 338 g/mol. The molecule has 0 aliphatic carbocycles. The van der Waals surface area contributed by atoms with Gasteiger partial charge in [-0.1, -0.05) is 6.07 Å². The van der Waals surface area contributed by atoms with E-state index < -0.39 is 11.6 Å². The summed E-state index contributed by atoms with van der Waals surface area (Å²) in [4.78, 5) is 18.6. The van der Waals surface area contributed by atoms with Gasteiger partial charge in [0.1, 0.15) is 17.5 Å². The van der Waals surface area contributed by atoms with Crippen LogP contribution in [0.1, 0.15) is 42.9 Å². The van der Waals surface area contributed by atoms with Gasteiger partial charge in [-0.3, -0.25) is 9.89 Å². The Labute approximate surface area is 151 Å². The maximum absolute atomic E-state index is 13.8. The number of nitrogens with zero attached hydrogens (tertiary/aromatic N) is 3. The van der Waals surface area contributed by atoms with Gasteiger partial charge in [-0.05, 0) is 50.2 Å². The zero-order valence-electron chi connectivity index (χ0n) is 15.0. The fraction of sp³-hybridized carbons (Fsp3) is 0.526. The Balaban J connectivity index is 1.47. The maximum atomic E-state index is 13.8. The van der Waals surface area contributed by atoms with Crippen LogP contribution < -0.4 is 0 Å². The lowest BCUT2D eigenvalue weighted by Gasteiger charge is -2.33. The highest BCUT2D eigenvalue weighted by Gasteiger charge is 2.23. The number of benzene rings is 1. The molecule has 1 atom stereocenters. The van der Waals surface area contributed by atoms with Crippen molar-refractivity contribution < 1.29 is 13.6 Å². The van der Waals surface area contributed by atoms with Crippen molar-refractivity contribution in [3.63, 3.8) is 0 Å². The molecule has 1 aliphatic rings. The fourth-order valence-corrected chi connectivity index (χ4v) is 3.49. The SMILES string of the molecule is Cc1nc(CCC(=O)N2CCC[C@H](CCc3ccc(F)cc3F)C2)n[nH]1. The molecule has 0 unspecified atom stereocenters. The third-order valence-electron chi connectivity index (χ3n) is 4.91. The highest BCUT2D eigenvalue weighted by molar-refractivity contribution is 5.76. The largest absolute Gasteiger partial charge is 0.342 e. The summed E-state index contributed by atoms with van der Waals surface area (Å²) >= 11 is 0. The van der Waals surface area contributed by atoms with Gasteiger partial charge in [0.15, 0.2) is 5.82 Å². The lowest BCUT2D eigenvalue weighted by atomic mass is 9.91. The molecule has 1 N–H and O–H groups in total. The number of carbonyl (C=O) groups excluding carboxylic acids is 1. The molecule has 1 fully saturated rings. The molecule has 0 saturated carbocycles. The molecule has 5 nitrogen and oxygen atoms in total. The van der Waals surface area contributed by atoms with E-state index in [4.69, 9.17) is 0 Å². The van der Waals surface area contributed by atoms with Crippen LogP contribution in [0.5, 0.6) is 0 Å². The first kappa shape index (κ1) is 18.5. The third kappa shape index (κ3) is 4.86. The molecule has 2 heterocycles. The van der Waals surface area contributed by atoms with Crippen LogP contribution in [0, 0.1) is 24.5 Å². The summed E-state index contributed by atoms with van der Waals surface area (Å²) in [5, 5.41) is 6.84. The summed E-state index contributed by atoms with van der Waals surface area (Å²) in [5.74, 6) is 0.834. The van der Waals surface area contributed by atoms with E-state index in [1.54, 1.807) is 0 Å². The van der Waals surface area contributed by atoms with Crippen molar-refractivity contribution in [1.82, 2.24) is 20.1 Å². The third-order valence-corrected chi connectivity index (χ3v) is 4.91. The lowest BCUT2D eigenvalue weighted by Crippen LogP contribution is -2.40. The molecule has 1 aromatic carbocycles. The van der Waals surface area contributed by atoms with Crippen molar-refractivity contribution in [3.8, 4) is 0 Å². The predicted octanol–water partition coefficient (Wildman–Crippen LogP) is 3.20. The topological polar surface area (TPSA) is 61.9 Å². The molecule has 0 bridgehead atoms. The quantitative estimate of drug-likeness (QED) is 0.858. The van der Waals surface area contributed by atoms with Gasteiger partial charge in [0.05, 0.1) is 0 Å². The first-order valence-corrected chi connectivity index (χ1v) is 9.11. The molecule has 140 valence electrons. The van der Waals surface area contributed by atoms with E-state index >= 15 is 0 Å². The van der Waals surface area contributed by atoms with Crippen LogP contribution >= 0.6 is 0 Å². The van der Waals surface area contributed by atoms with Crippen LogP contribution in [0.2, 0.25) is 0 Å². The summed E-state index contributed by atoms with van der Waals surface area (Å²) < 4.78 is 26.7. The first-order chi connectivity index (χ1) is 12.5. The second-order valence-electron chi connectivity index (χ2n) is 6.96. The normalized spacial score (nSPS) is 17.5. The van der Waals surface area contributed by atoms with Crippen LogP contribution in [-0.4, -0.2) is 39.1 Å². The molecular formula is C19H24F2N4O. The molecule has 1 amide bonds. The van der Waals surface area contributed by atoms with Gasteiger partial charge < -0.3 is 4.90 Å². The molecule has 0 spiro atoms. The van der Waals surface area contributed by atoms with Crippen molar-refractivity contribution in [3.05, 3.63) is 47.0 Å². The van der Waals surface area contributed by atoms with Gasteiger partial charge in [-0.2, -0.15) is 5.10 Å². The Morgan fingerprint density at radius 1 is 1.35 bits per heavy atom. The van der Waals surface area contributed by atoms with Crippen molar-refractivity contribution in [1.29, 1.82) is 0 Å². The number of hydrogen-bond acceptors (Lipinski definition) is 3. The average molecular weight is 362 g/mol. The molecule has 7 heteroatoms. The average Bonchev–Trinajstić information content (AvgIpc) is 3.04. The van der Waals surface area contributed by atoms with Crippen molar-refractivity contribution in [2.45, 2.75) is 45.4 Å². The molecule has 3 rings (SSSR count). The maximum Gasteiger partial charge on any atom is 0.223 e. The second kappa shape index (κ2) is 8.38. The summed E-state index contributed by atoms with van der Waals surface area (Å²) in [6.45, 7) is 3.31. The monoisotopic (exact) mass is 362 g/mol. The number of rotatable bonds is 6. The molecule has 26 heavy (non-hydrogen) atoms. The van der Waals surface area contributed by atoms with Crippen LogP contribution in [0.15, 0.2) is 18.2 Å². The first-order valence-electron chi connectivity index (χ1n) is 9.11. The lowest BCUT2D eigenvalue weighted by molar-refractivity contribution is -0.133. The van der Waals surface area contributed by atoms with Crippen molar-refractivity contribution >= 4 is 5.91 Å². The molecule has 1 aromatic heterocycles. The number of aromatic amines is 1. The Hall–Kier alpha value is -2.31. The van der Waals surface area contributed by atoms with E-state index in [0.29, 0.717) is 43.1 Å². The molecule has 0 radical (unpaired) electrons. The van der Waals surface area contributed by atoms with Gasteiger partial charge in [-0.25, -0.2) is 13.8 Å². The van der Waals surface area contributed by atoms with E-state index in [1.165, 1.54) is 12.1 Å². The highest BCUT2D eigenvalue weighted by Crippen LogP contribution is 2.23. The minimum Gasteiger partial charge on any atom is -0.342 e. The number of amides is 1. The summed E-state index contributed by atoms with van der Waals surface area (Å²) in [7, 11) is 0. The van der Waals surface area contributed by atoms with E-state index in [1.807, 2.05) is 11.8 Å². The Morgan fingerprint density at radius 3 is 2.92 bits per heavy atom. The van der Waals surface area contributed by atoms with E-state index in [2.05, 4.69) is 15.2 Å². The van der Waals surface area contributed by atoms with Gasteiger partial charge >= 0.3 is 0 Å². The molecule has 2 aromatic rings. The number of aryl methyl sites for hydroxylation is 3. The zero-order valence-corrected chi connectivity index (χ0v) is 15.0. The Kier molecular flexibility index (Phi) is 5.96.